The molecular formula is C16H30N2O3. The molecule has 2 aliphatic rings. The second-order valence-corrected chi connectivity index (χ2v) is 6.94. The van der Waals surface area contributed by atoms with Crippen molar-refractivity contribution in [2.45, 2.75) is 58.1 Å². The van der Waals surface area contributed by atoms with Gasteiger partial charge in [-0.2, -0.15) is 0 Å². The van der Waals surface area contributed by atoms with Gasteiger partial charge in [-0.1, -0.05) is 13.8 Å². The molecule has 2 atom stereocenters. The summed E-state index contributed by atoms with van der Waals surface area (Å²) in [6, 6.07) is 0. The van der Waals surface area contributed by atoms with Crippen LogP contribution in [-0.2, 0) is 14.3 Å². The summed E-state index contributed by atoms with van der Waals surface area (Å²) >= 11 is 0. The molecule has 0 aromatic rings. The zero-order valence-electron chi connectivity index (χ0n) is 13.6. The molecule has 0 spiro atoms. The van der Waals surface area contributed by atoms with E-state index >= 15 is 0 Å². The molecule has 2 fully saturated rings. The van der Waals surface area contributed by atoms with E-state index in [1.807, 2.05) is 20.8 Å². The van der Waals surface area contributed by atoms with E-state index in [1.165, 1.54) is 0 Å². The number of carbonyl (C=O) groups excluding carboxylic acids is 1. The van der Waals surface area contributed by atoms with Crippen LogP contribution in [0.3, 0.4) is 0 Å². The maximum atomic E-state index is 12.4. The van der Waals surface area contributed by atoms with Gasteiger partial charge in [0, 0.05) is 38.2 Å². The van der Waals surface area contributed by atoms with Crippen LogP contribution in [0.15, 0.2) is 0 Å². The Morgan fingerprint density at radius 2 is 2.05 bits per heavy atom. The molecule has 122 valence electrons. The van der Waals surface area contributed by atoms with Gasteiger partial charge in [-0.25, -0.2) is 0 Å². The molecule has 2 rings (SSSR count). The highest BCUT2D eigenvalue weighted by Gasteiger charge is 2.62. The summed E-state index contributed by atoms with van der Waals surface area (Å²) in [5.41, 5.74) is 5.24. The number of carbonyl (C=O) groups is 1. The first-order valence-electron chi connectivity index (χ1n) is 8.18. The Hall–Kier alpha value is -0.650. The Labute approximate surface area is 127 Å². The van der Waals surface area contributed by atoms with Crippen LogP contribution in [0.1, 0.15) is 46.5 Å². The molecule has 1 amide bonds. The lowest BCUT2D eigenvalue weighted by Gasteiger charge is -2.57. The first kappa shape index (κ1) is 16.7. The van der Waals surface area contributed by atoms with Crippen molar-refractivity contribution in [1.82, 2.24) is 5.32 Å². The number of hydrogen-bond acceptors (Lipinski definition) is 4. The highest BCUT2D eigenvalue weighted by molar-refractivity contribution is 5.88. The summed E-state index contributed by atoms with van der Waals surface area (Å²) in [6.07, 6.45) is 3.90. The number of rotatable bonds is 6. The summed E-state index contributed by atoms with van der Waals surface area (Å²) in [4.78, 5) is 12.4. The van der Waals surface area contributed by atoms with E-state index < -0.39 is 5.54 Å². The van der Waals surface area contributed by atoms with Crippen LogP contribution < -0.4 is 11.1 Å². The van der Waals surface area contributed by atoms with Gasteiger partial charge in [0.2, 0.25) is 5.91 Å². The summed E-state index contributed by atoms with van der Waals surface area (Å²) in [7, 11) is 0. The van der Waals surface area contributed by atoms with Crippen LogP contribution >= 0.6 is 0 Å². The average molecular weight is 298 g/mol. The molecule has 1 aliphatic carbocycles. The van der Waals surface area contributed by atoms with E-state index in [4.69, 9.17) is 15.2 Å². The van der Waals surface area contributed by atoms with Gasteiger partial charge in [-0.3, -0.25) is 4.79 Å². The average Bonchev–Trinajstić information content (AvgIpc) is 2.47. The fourth-order valence-corrected chi connectivity index (χ4v) is 3.40. The fourth-order valence-electron chi connectivity index (χ4n) is 3.40. The lowest BCUT2D eigenvalue weighted by Crippen LogP contribution is -2.75. The van der Waals surface area contributed by atoms with E-state index in [9.17, 15) is 4.79 Å². The van der Waals surface area contributed by atoms with E-state index in [-0.39, 0.29) is 17.4 Å². The van der Waals surface area contributed by atoms with Crippen molar-refractivity contribution >= 4 is 5.91 Å². The molecule has 1 heterocycles. The predicted octanol–water partition coefficient (Wildman–Crippen LogP) is 1.45. The van der Waals surface area contributed by atoms with Crippen molar-refractivity contribution < 1.29 is 14.3 Å². The Bertz CT molecular complexity index is 367. The third-order valence-electron chi connectivity index (χ3n) is 5.41. The first-order chi connectivity index (χ1) is 9.91. The summed E-state index contributed by atoms with van der Waals surface area (Å²) in [6.45, 7) is 9.09. The smallest absolute Gasteiger partial charge is 0.240 e. The van der Waals surface area contributed by atoms with Gasteiger partial charge >= 0.3 is 0 Å². The molecule has 1 saturated heterocycles. The molecule has 5 nitrogen and oxygen atoms in total. The monoisotopic (exact) mass is 298 g/mol. The zero-order valence-corrected chi connectivity index (χ0v) is 13.6. The molecule has 2 unspecified atom stereocenters. The molecule has 0 aromatic heterocycles. The predicted molar refractivity (Wildman–Crippen MR) is 81.9 cm³/mol. The minimum atomic E-state index is -0.803. The molecule has 5 heteroatoms. The maximum Gasteiger partial charge on any atom is 0.240 e. The number of hydrogen-bond donors (Lipinski definition) is 2. The van der Waals surface area contributed by atoms with Crippen LogP contribution in [-0.4, -0.2) is 43.9 Å². The summed E-state index contributed by atoms with van der Waals surface area (Å²) in [5.74, 6) is 0.633. The van der Waals surface area contributed by atoms with Crippen molar-refractivity contribution in [3.63, 3.8) is 0 Å². The molecule has 0 aromatic carbocycles. The van der Waals surface area contributed by atoms with Gasteiger partial charge < -0.3 is 20.5 Å². The van der Waals surface area contributed by atoms with Crippen LogP contribution in [0.25, 0.3) is 0 Å². The highest BCUT2D eigenvalue weighted by Crippen LogP contribution is 2.49. The number of ether oxygens (including phenoxy) is 2. The lowest BCUT2D eigenvalue weighted by atomic mass is 9.54. The van der Waals surface area contributed by atoms with Crippen molar-refractivity contribution in [3.8, 4) is 0 Å². The van der Waals surface area contributed by atoms with Gasteiger partial charge in [0.05, 0.1) is 6.10 Å². The molecule has 21 heavy (non-hydrogen) atoms. The zero-order chi connectivity index (χ0) is 15.5. The minimum absolute atomic E-state index is 0.0319. The van der Waals surface area contributed by atoms with E-state index in [0.29, 0.717) is 25.5 Å². The summed E-state index contributed by atoms with van der Waals surface area (Å²) in [5, 5.41) is 3.03. The highest BCUT2D eigenvalue weighted by atomic mass is 16.5. The fraction of sp³-hybridized carbons (Fsp3) is 0.938. The summed E-state index contributed by atoms with van der Waals surface area (Å²) < 4.78 is 11.0. The van der Waals surface area contributed by atoms with E-state index in [1.54, 1.807) is 0 Å². The second-order valence-electron chi connectivity index (χ2n) is 6.94. The third-order valence-corrected chi connectivity index (χ3v) is 5.41. The molecule has 3 N–H and O–H groups in total. The van der Waals surface area contributed by atoms with Crippen molar-refractivity contribution in [3.05, 3.63) is 0 Å². The van der Waals surface area contributed by atoms with E-state index in [0.717, 1.165) is 32.5 Å². The molecule has 0 radical (unpaired) electrons. The van der Waals surface area contributed by atoms with Crippen molar-refractivity contribution in [2.75, 3.05) is 26.4 Å². The van der Waals surface area contributed by atoms with Gasteiger partial charge in [-0.05, 0) is 32.1 Å². The van der Waals surface area contributed by atoms with Crippen LogP contribution in [0.4, 0.5) is 0 Å². The standard InChI is InChI=1S/C16H30N2O3/c1-4-21-13-11-16(17,15(13,2)3)14(19)18-8-5-12-6-9-20-10-7-12/h12-13H,4-11,17H2,1-3H3,(H,18,19). The van der Waals surface area contributed by atoms with Crippen LogP contribution in [0.2, 0.25) is 0 Å². The second kappa shape index (κ2) is 6.63. The lowest BCUT2D eigenvalue weighted by molar-refractivity contribution is -0.170. The number of nitrogens with one attached hydrogen (secondary N) is 1. The van der Waals surface area contributed by atoms with Gasteiger partial charge in [0.15, 0.2) is 0 Å². The van der Waals surface area contributed by atoms with Crippen LogP contribution in [0, 0.1) is 11.3 Å². The molecular weight excluding hydrogens is 268 g/mol. The normalized spacial score (nSPS) is 32.5. The minimum Gasteiger partial charge on any atom is -0.381 e. The largest absolute Gasteiger partial charge is 0.381 e. The first-order valence-corrected chi connectivity index (χ1v) is 8.18. The quantitative estimate of drug-likeness (QED) is 0.778. The Morgan fingerprint density at radius 3 is 2.62 bits per heavy atom. The van der Waals surface area contributed by atoms with E-state index in [2.05, 4.69) is 5.32 Å². The van der Waals surface area contributed by atoms with Crippen LogP contribution in [0.5, 0.6) is 0 Å². The Balaban J connectivity index is 1.77. The van der Waals surface area contributed by atoms with Crippen molar-refractivity contribution in [1.29, 1.82) is 0 Å². The molecule has 1 saturated carbocycles. The third kappa shape index (κ3) is 3.25. The Morgan fingerprint density at radius 1 is 1.38 bits per heavy atom. The number of amides is 1. The molecule has 0 bridgehead atoms. The SMILES string of the molecule is CCOC1CC(N)(C(=O)NCCC2CCOCC2)C1(C)C. The maximum absolute atomic E-state index is 12.4. The van der Waals surface area contributed by atoms with Gasteiger partial charge in [0.1, 0.15) is 5.54 Å². The molecule has 1 aliphatic heterocycles. The van der Waals surface area contributed by atoms with Gasteiger partial charge in [-0.15, -0.1) is 0 Å². The number of nitrogens with two attached hydrogens (primary N) is 1. The van der Waals surface area contributed by atoms with Gasteiger partial charge in [0.25, 0.3) is 0 Å². The topological polar surface area (TPSA) is 73.6 Å². The van der Waals surface area contributed by atoms with Crippen molar-refractivity contribution in [2.24, 2.45) is 17.1 Å². The Kier molecular flexibility index (Phi) is 5.28.